The molecule has 6 heteroatoms. The number of aliphatic hydroxyl groups excluding tert-OH is 1. The monoisotopic (exact) mass is 287 g/mol. The highest BCUT2D eigenvalue weighted by molar-refractivity contribution is 7.89. The maximum Gasteiger partial charge on any atom is 0.240 e. The van der Waals surface area contributed by atoms with E-state index >= 15 is 0 Å². The maximum atomic E-state index is 11.9. The summed E-state index contributed by atoms with van der Waals surface area (Å²) in [6, 6.07) is 6.87. The lowest BCUT2D eigenvalue weighted by Gasteiger charge is -2.07. The van der Waals surface area contributed by atoms with Gasteiger partial charge >= 0.3 is 0 Å². The van der Waals surface area contributed by atoms with Crippen molar-refractivity contribution in [3.05, 3.63) is 29.8 Å². The van der Waals surface area contributed by atoms with Crippen molar-refractivity contribution in [3.63, 3.8) is 0 Å². The predicted molar refractivity (Wildman–Crippen MR) is 73.5 cm³/mol. The zero-order valence-electron chi connectivity index (χ0n) is 11.1. The topological polar surface area (TPSA) is 75.6 Å². The highest BCUT2D eigenvalue weighted by atomic mass is 32.2. The van der Waals surface area contributed by atoms with Crippen molar-refractivity contribution in [2.45, 2.75) is 24.7 Å². The van der Waals surface area contributed by atoms with Crippen LogP contribution in [-0.2, 0) is 21.2 Å². The minimum Gasteiger partial charge on any atom is -0.394 e. The summed E-state index contributed by atoms with van der Waals surface area (Å²) < 4.78 is 31.4. The van der Waals surface area contributed by atoms with Gasteiger partial charge in [0.25, 0.3) is 0 Å². The van der Waals surface area contributed by atoms with Gasteiger partial charge < -0.3 is 9.84 Å². The Hall–Kier alpha value is -0.950. The molecule has 0 aliphatic carbocycles. The summed E-state index contributed by atoms with van der Waals surface area (Å²) in [6.07, 6.45) is 1.46. The second kappa shape index (κ2) is 8.27. The molecule has 1 rings (SSSR count). The average Bonchev–Trinajstić information content (AvgIpc) is 2.43. The maximum absolute atomic E-state index is 11.9. The number of rotatable bonds is 9. The van der Waals surface area contributed by atoms with E-state index in [1.807, 2.05) is 19.1 Å². The Bertz CT molecular complexity index is 456. The highest BCUT2D eigenvalue weighted by Crippen LogP contribution is 2.10. The molecule has 0 spiro atoms. The molecule has 0 aromatic heterocycles. The molecule has 1 aromatic carbocycles. The molecule has 108 valence electrons. The van der Waals surface area contributed by atoms with E-state index in [1.54, 1.807) is 12.1 Å². The number of aliphatic hydroxyl groups is 1. The third-order valence-electron chi connectivity index (χ3n) is 2.64. The summed E-state index contributed by atoms with van der Waals surface area (Å²) in [7, 11) is -3.43. The van der Waals surface area contributed by atoms with Gasteiger partial charge in [0.2, 0.25) is 10.0 Å². The minimum absolute atomic E-state index is 0.0183. The molecule has 0 bridgehead atoms. The summed E-state index contributed by atoms with van der Waals surface area (Å²) in [6.45, 7) is 3.04. The fourth-order valence-electron chi connectivity index (χ4n) is 1.54. The fourth-order valence-corrected chi connectivity index (χ4v) is 2.61. The highest BCUT2D eigenvalue weighted by Gasteiger charge is 2.12. The van der Waals surface area contributed by atoms with Gasteiger partial charge in [0.1, 0.15) is 0 Å². The zero-order chi connectivity index (χ0) is 14.1. The quantitative estimate of drug-likeness (QED) is 0.662. The van der Waals surface area contributed by atoms with Gasteiger partial charge in [0.05, 0.1) is 18.1 Å². The molecule has 0 heterocycles. The van der Waals surface area contributed by atoms with E-state index < -0.39 is 10.0 Å². The summed E-state index contributed by atoms with van der Waals surface area (Å²) in [5.74, 6) is 0. The van der Waals surface area contributed by atoms with Gasteiger partial charge in [-0.15, -0.1) is 0 Å². The second-order valence-corrected chi connectivity index (χ2v) is 5.85. The van der Waals surface area contributed by atoms with E-state index in [4.69, 9.17) is 9.84 Å². The summed E-state index contributed by atoms with van der Waals surface area (Å²) in [5, 5.41) is 8.51. The lowest BCUT2D eigenvalue weighted by molar-refractivity contribution is 0.0913. The lowest BCUT2D eigenvalue weighted by Crippen LogP contribution is -2.25. The van der Waals surface area contributed by atoms with Crippen molar-refractivity contribution in [3.8, 4) is 0 Å². The Morgan fingerprint density at radius 1 is 1.21 bits per heavy atom. The largest absolute Gasteiger partial charge is 0.394 e. The summed E-state index contributed by atoms with van der Waals surface area (Å²) >= 11 is 0. The average molecular weight is 287 g/mol. The molecular weight excluding hydrogens is 266 g/mol. The number of hydrogen-bond donors (Lipinski definition) is 2. The van der Waals surface area contributed by atoms with Gasteiger partial charge in [-0.05, 0) is 30.5 Å². The molecule has 0 amide bonds. The van der Waals surface area contributed by atoms with Crippen molar-refractivity contribution in [2.75, 3.05) is 26.4 Å². The van der Waals surface area contributed by atoms with Crippen molar-refractivity contribution in [2.24, 2.45) is 0 Å². The number of nitrogens with one attached hydrogen (secondary N) is 1. The zero-order valence-corrected chi connectivity index (χ0v) is 11.9. The molecule has 0 fully saturated rings. The van der Waals surface area contributed by atoms with Crippen LogP contribution in [0.5, 0.6) is 0 Å². The van der Waals surface area contributed by atoms with E-state index in [1.165, 1.54) is 0 Å². The number of benzene rings is 1. The third kappa shape index (κ3) is 5.69. The Balaban J connectivity index is 2.42. The van der Waals surface area contributed by atoms with Crippen LogP contribution in [0, 0.1) is 0 Å². The fraction of sp³-hybridized carbons (Fsp3) is 0.538. The van der Waals surface area contributed by atoms with Crippen LogP contribution in [0.2, 0.25) is 0 Å². The Morgan fingerprint density at radius 3 is 2.47 bits per heavy atom. The van der Waals surface area contributed by atoms with E-state index in [0.29, 0.717) is 19.6 Å². The van der Waals surface area contributed by atoms with Gasteiger partial charge in [-0.3, -0.25) is 0 Å². The first kappa shape index (κ1) is 16.1. The number of ether oxygens (including phenoxy) is 1. The molecule has 0 aliphatic rings. The number of hydrogen-bond acceptors (Lipinski definition) is 4. The Labute approximate surface area is 114 Å². The van der Waals surface area contributed by atoms with Gasteiger partial charge in [-0.2, -0.15) is 0 Å². The van der Waals surface area contributed by atoms with Crippen LogP contribution < -0.4 is 4.72 Å². The van der Waals surface area contributed by atoms with Crippen LogP contribution in [0.25, 0.3) is 0 Å². The first-order valence-corrected chi connectivity index (χ1v) is 7.85. The van der Waals surface area contributed by atoms with Gasteiger partial charge in [0.15, 0.2) is 0 Å². The van der Waals surface area contributed by atoms with Crippen molar-refractivity contribution >= 4 is 10.0 Å². The summed E-state index contributed by atoms with van der Waals surface area (Å²) in [5.41, 5.74) is 1.11. The van der Waals surface area contributed by atoms with Crippen molar-refractivity contribution < 1.29 is 18.3 Å². The minimum atomic E-state index is -3.43. The van der Waals surface area contributed by atoms with Gasteiger partial charge in [-0.25, -0.2) is 13.1 Å². The number of aryl methyl sites for hydroxylation is 1. The van der Waals surface area contributed by atoms with Crippen molar-refractivity contribution in [1.82, 2.24) is 4.72 Å². The normalized spacial score (nSPS) is 11.7. The standard InChI is InChI=1S/C13H21NO4S/c1-2-12-4-6-13(7-5-12)19(16,17)14-8-3-10-18-11-9-15/h4-7,14-15H,2-3,8-11H2,1H3. The Morgan fingerprint density at radius 2 is 1.89 bits per heavy atom. The molecule has 0 aliphatic heterocycles. The van der Waals surface area contributed by atoms with E-state index in [0.717, 1.165) is 12.0 Å². The smallest absolute Gasteiger partial charge is 0.240 e. The molecule has 0 unspecified atom stereocenters. The van der Waals surface area contributed by atoms with Gasteiger partial charge in [-0.1, -0.05) is 19.1 Å². The molecule has 2 N–H and O–H groups in total. The molecule has 1 aromatic rings. The van der Waals surface area contributed by atoms with Crippen LogP contribution in [0.1, 0.15) is 18.9 Å². The predicted octanol–water partition coefficient (Wildman–Crippen LogP) is 0.926. The van der Waals surface area contributed by atoms with Crippen LogP contribution in [-0.4, -0.2) is 39.9 Å². The third-order valence-corrected chi connectivity index (χ3v) is 4.11. The molecule has 0 saturated carbocycles. The molecule has 0 saturated heterocycles. The van der Waals surface area contributed by atoms with Crippen LogP contribution in [0.4, 0.5) is 0 Å². The van der Waals surface area contributed by atoms with E-state index in [9.17, 15) is 8.42 Å². The van der Waals surface area contributed by atoms with E-state index in [-0.39, 0.29) is 18.1 Å². The molecule has 19 heavy (non-hydrogen) atoms. The van der Waals surface area contributed by atoms with Crippen LogP contribution in [0.15, 0.2) is 29.2 Å². The first-order chi connectivity index (χ1) is 9.10. The number of sulfonamides is 1. The van der Waals surface area contributed by atoms with Crippen LogP contribution >= 0.6 is 0 Å². The first-order valence-electron chi connectivity index (χ1n) is 6.37. The van der Waals surface area contributed by atoms with Gasteiger partial charge in [0, 0.05) is 13.2 Å². The van der Waals surface area contributed by atoms with Crippen LogP contribution in [0.3, 0.4) is 0 Å². The summed E-state index contributed by atoms with van der Waals surface area (Å²) in [4.78, 5) is 0.279. The SMILES string of the molecule is CCc1ccc(S(=O)(=O)NCCCOCCO)cc1. The molecular formula is C13H21NO4S. The second-order valence-electron chi connectivity index (χ2n) is 4.08. The molecule has 0 radical (unpaired) electrons. The molecule has 0 atom stereocenters. The van der Waals surface area contributed by atoms with E-state index in [2.05, 4.69) is 4.72 Å². The molecule has 5 nitrogen and oxygen atoms in total. The Kier molecular flexibility index (Phi) is 7.01. The lowest BCUT2D eigenvalue weighted by atomic mass is 10.2. The van der Waals surface area contributed by atoms with Crippen molar-refractivity contribution in [1.29, 1.82) is 0 Å².